The first-order valence-electron chi connectivity index (χ1n) is 6.67. The Morgan fingerprint density at radius 3 is 2.72 bits per heavy atom. The molecule has 1 unspecified atom stereocenters. The Labute approximate surface area is 110 Å². The molecule has 0 spiro atoms. The van der Waals surface area contributed by atoms with Gasteiger partial charge in [-0.15, -0.1) is 0 Å². The summed E-state index contributed by atoms with van der Waals surface area (Å²) in [6.45, 7) is 6.87. The van der Waals surface area contributed by atoms with Crippen LogP contribution in [0.5, 0.6) is 0 Å². The fourth-order valence-corrected chi connectivity index (χ4v) is 2.08. The van der Waals surface area contributed by atoms with Gasteiger partial charge in [-0.25, -0.2) is 4.39 Å². The van der Waals surface area contributed by atoms with E-state index in [1.165, 1.54) is 0 Å². The van der Waals surface area contributed by atoms with Crippen LogP contribution in [0.3, 0.4) is 0 Å². The van der Waals surface area contributed by atoms with E-state index in [1.54, 1.807) is 6.07 Å². The lowest BCUT2D eigenvalue weighted by Gasteiger charge is -2.21. The summed E-state index contributed by atoms with van der Waals surface area (Å²) in [5.41, 5.74) is 1.92. The van der Waals surface area contributed by atoms with Gasteiger partial charge in [-0.05, 0) is 31.6 Å². The van der Waals surface area contributed by atoms with Crippen molar-refractivity contribution in [1.29, 1.82) is 0 Å². The van der Waals surface area contributed by atoms with Crippen LogP contribution in [0.25, 0.3) is 0 Å². The summed E-state index contributed by atoms with van der Waals surface area (Å²) in [6, 6.07) is 5.36. The van der Waals surface area contributed by atoms with E-state index in [2.05, 4.69) is 31.1 Å². The minimum Gasteiger partial charge on any atom is -0.316 e. The summed E-state index contributed by atoms with van der Waals surface area (Å²) < 4.78 is 13.7. The highest BCUT2D eigenvalue weighted by Gasteiger charge is 2.09. The maximum Gasteiger partial charge on any atom is 0.127 e. The van der Waals surface area contributed by atoms with E-state index in [-0.39, 0.29) is 5.82 Å². The third-order valence-electron chi connectivity index (χ3n) is 3.25. The number of rotatable bonds is 7. The van der Waals surface area contributed by atoms with Crippen LogP contribution < -0.4 is 5.32 Å². The van der Waals surface area contributed by atoms with Crippen LogP contribution >= 0.6 is 0 Å². The van der Waals surface area contributed by atoms with Crippen molar-refractivity contribution in [2.45, 2.75) is 33.4 Å². The molecule has 1 aromatic rings. The fourth-order valence-electron chi connectivity index (χ4n) is 2.08. The Hall–Kier alpha value is -0.930. The van der Waals surface area contributed by atoms with Crippen LogP contribution in [-0.4, -0.2) is 25.5 Å². The average molecular weight is 252 g/mol. The normalized spacial score (nSPS) is 13.0. The first-order chi connectivity index (χ1) is 8.56. The van der Waals surface area contributed by atoms with Crippen LogP contribution in [0.2, 0.25) is 0 Å². The molecule has 0 bridgehead atoms. The van der Waals surface area contributed by atoms with Gasteiger partial charge in [0.2, 0.25) is 0 Å². The molecule has 0 heterocycles. The highest BCUT2D eigenvalue weighted by atomic mass is 19.1. The van der Waals surface area contributed by atoms with Crippen LogP contribution in [0, 0.1) is 11.7 Å². The van der Waals surface area contributed by atoms with Gasteiger partial charge in [-0.2, -0.15) is 0 Å². The minimum atomic E-state index is -0.106. The van der Waals surface area contributed by atoms with Gasteiger partial charge in [-0.3, -0.25) is 0 Å². The van der Waals surface area contributed by atoms with E-state index < -0.39 is 0 Å². The summed E-state index contributed by atoms with van der Waals surface area (Å²) in [4.78, 5) is 2.19. The minimum absolute atomic E-state index is 0.106. The molecule has 1 N–H and O–H groups in total. The van der Waals surface area contributed by atoms with Crippen molar-refractivity contribution in [3.8, 4) is 0 Å². The number of benzene rings is 1. The van der Waals surface area contributed by atoms with Gasteiger partial charge in [0.1, 0.15) is 5.82 Å². The molecule has 0 fully saturated rings. The number of halogens is 1. The fraction of sp³-hybridized carbons (Fsp3) is 0.600. The third-order valence-corrected chi connectivity index (χ3v) is 3.25. The van der Waals surface area contributed by atoms with Gasteiger partial charge in [-0.1, -0.05) is 32.4 Å². The van der Waals surface area contributed by atoms with E-state index in [4.69, 9.17) is 0 Å². The van der Waals surface area contributed by atoms with E-state index >= 15 is 0 Å². The number of hydrogen-bond acceptors (Lipinski definition) is 2. The highest BCUT2D eigenvalue weighted by molar-refractivity contribution is 5.25. The van der Waals surface area contributed by atoms with Crippen molar-refractivity contribution in [2.75, 3.05) is 20.6 Å². The Morgan fingerprint density at radius 2 is 2.11 bits per heavy atom. The molecule has 0 radical (unpaired) electrons. The molecule has 1 atom stereocenters. The molecule has 18 heavy (non-hydrogen) atoms. The lowest BCUT2D eigenvalue weighted by Crippen LogP contribution is -2.24. The van der Waals surface area contributed by atoms with Gasteiger partial charge < -0.3 is 10.2 Å². The van der Waals surface area contributed by atoms with E-state index in [9.17, 15) is 4.39 Å². The van der Waals surface area contributed by atoms with Gasteiger partial charge in [0.15, 0.2) is 0 Å². The molecule has 1 aromatic carbocycles. The van der Waals surface area contributed by atoms with Gasteiger partial charge >= 0.3 is 0 Å². The Kier molecular flexibility index (Phi) is 6.30. The number of nitrogens with zero attached hydrogens (tertiary/aromatic N) is 1. The van der Waals surface area contributed by atoms with Crippen molar-refractivity contribution < 1.29 is 4.39 Å². The Balaban J connectivity index is 2.67. The second-order valence-corrected chi connectivity index (χ2v) is 5.17. The monoisotopic (exact) mass is 252 g/mol. The molecule has 1 rings (SSSR count). The molecule has 0 saturated carbocycles. The largest absolute Gasteiger partial charge is 0.316 e. The summed E-state index contributed by atoms with van der Waals surface area (Å²) in [6.07, 6.45) is 1.16. The Morgan fingerprint density at radius 1 is 1.39 bits per heavy atom. The van der Waals surface area contributed by atoms with Crippen LogP contribution in [-0.2, 0) is 13.1 Å². The predicted molar refractivity (Wildman–Crippen MR) is 75.0 cm³/mol. The van der Waals surface area contributed by atoms with Crippen molar-refractivity contribution in [2.24, 2.45) is 5.92 Å². The van der Waals surface area contributed by atoms with Gasteiger partial charge in [0.25, 0.3) is 0 Å². The molecule has 0 aliphatic carbocycles. The molecule has 3 heteroatoms. The Bertz CT molecular complexity index is 366. The topological polar surface area (TPSA) is 15.3 Å². The molecule has 0 saturated heterocycles. The number of nitrogens with one attached hydrogen (secondary N) is 1. The molecular weight excluding hydrogens is 227 g/mol. The van der Waals surface area contributed by atoms with Crippen molar-refractivity contribution in [1.82, 2.24) is 10.2 Å². The van der Waals surface area contributed by atoms with Crippen LogP contribution in [0.4, 0.5) is 4.39 Å². The molecule has 0 aliphatic rings. The predicted octanol–water partition coefficient (Wildman–Crippen LogP) is 3.02. The highest BCUT2D eigenvalue weighted by Crippen LogP contribution is 2.14. The van der Waals surface area contributed by atoms with E-state index in [0.29, 0.717) is 12.5 Å². The molecule has 2 nitrogen and oxygen atoms in total. The molecule has 102 valence electrons. The van der Waals surface area contributed by atoms with E-state index in [1.807, 2.05) is 19.2 Å². The third kappa shape index (κ3) is 4.75. The zero-order valence-corrected chi connectivity index (χ0v) is 12.0. The second-order valence-electron chi connectivity index (χ2n) is 5.17. The number of hydrogen-bond donors (Lipinski definition) is 1. The first-order valence-corrected chi connectivity index (χ1v) is 6.67. The lowest BCUT2D eigenvalue weighted by atomic mass is 10.1. The average Bonchev–Trinajstić information content (AvgIpc) is 2.33. The molecule has 0 aliphatic heterocycles. The maximum absolute atomic E-state index is 13.7. The summed E-state index contributed by atoms with van der Waals surface area (Å²) in [5.74, 6) is 0.546. The lowest BCUT2D eigenvalue weighted by molar-refractivity contribution is 0.271. The standard InChI is InChI=1S/C15H25FN2/c1-5-12(2)10-18(4)11-14-8-13(9-17-3)6-7-15(14)16/h6-8,12,17H,5,9-11H2,1-4H3. The summed E-state index contributed by atoms with van der Waals surface area (Å²) in [7, 11) is 3.95. The first kappa shape index (κ1) is 15.1. The zero-order chi connectivity index (χ0) is 13.5. The van der Waals surface area contributed by atoms with Gasteiger partial charge in [0, 0.05) is 25.2 Å². The maximum atomic E-state index is 13.7. The SMILES string of the molecule is CCC(C)CN(C)Cc1cc(CNC)ccc1F. The van der Waals surface area contributed by atoms with Crippen LogP contribution in [0.1, 0.15) is 31.4 Å². The smallest absolute Gasteiger partial charge is 0.127 e. The zero-order valence-electron chi connectivity index (χ0n) is 12.0. The van der Waals surface area contributed by atoms with Crippen molar-refractivity contribution in [3.05, 3.63) is 35.1 Å². The van der Waals surface area contributed by atoms with Crippen molar-refractivity contribution in [3.63, 3.8) is 0 Å². The van der Waals surface area contributed by atoms with Crippen LogP contribution in [0.15, 0.2) is 18.2 Å². The van der Waals surface area contributed by atoms with Crippen molar-refractivity contribution >= 4 is 0 Å². The second kappa shape index (κ2) is 7.49. The molecular formula is C15H25FN2. The summed E-state index contributed by atoms with van der Waals surface area (Å²) >= 11 is 0. The molecule has 0 aromatic heterocycles. The quantitative estimate of drug-likeness (QED) is 0.802. The van der Waals surface area contributed by atoms with Gasteiger partial charge in [0.05, 0.1) is 0 Å². The summed E-state index contributed by atoms with van der Waals surface area (Å²) in [5, 5.41) is 3.09. The van der Waals surface area contributed by atoms with E-state index in [0.717, 1.165) is 30.6 Å². The molecule has 0 amide bonds.